The van der Waals surface area contributed by atoms with E-state index in [4.69, 9.17) is 0 Å². The highest BCUT2D eigenvalue weighted by atomic mass is 19.4. The minimum Gasteiger partial charge on any atom is -0.374 e. The summed E-state index contributed by atoms with van der Waals surface area (Å²) in [7, 11) is 5.59. The maximum Gasteiger partial charge on any atom is 0.418 e. The lowest BCUT2D eigenvalue weighted by Crippen LogP contribution is -2.25. The minimum atomic E-state index is -4.30. The molecule has 5 heteroatoms. The Balaban J connectivity index is 2.76. The van der Waals surface area contributed by atoms with Crippen LogP contribution in [0.5, 0.6) is 0 Å². The van der Waals surface area contributed by atoms with Crippen molar-refractivity contribution in [2.75, 3.05) is 39.1 Å². The van der Waals surface area contributed by atoms with Gasteiger partial charge >= 0.3 is 6.18 Å². The molecule has 1 aromatic rings. The molecule has 1 rings (SSSR count). The van der Waals surface area contributed by atoms with E-state index in [-0.39, 0.29) is 5.69 Å². The number of anilines is 1. The quantitative estimate of drug-likeness (QED) is 0.802. The average molecular weight is 260 g/mol. The monoisotopic (exact) mass is 260 g/mol. The summed E-state index contributed by atoms with van der Waals surface area (Å²) >= 11 is 0. The lowest BCUT2D eigenvalue weighted by atomic mass is 10.1. The molecule has 0 amide bonds. The van der Waals surface area contributed by atoms with Crippen molar-refractivity contribution in [1.29, 1.82) is 0 Å². The fourth-order valence-electron chi connectivity index (χ4n) is 1.79. The summed E-state index contributed by atoms with van der Waals surface area (Å²) < 4.78 is 38.5. The van der Waals surface area contributed by atoms with Gasteiger partial charge in [0, 0.05) is 19.3 Å². The Bertz CT molecular complexity index is 375. The van der Waals surface area contributed by atoms with E-state index in [1.165, 1.54) is 12.1 Å². The molecule has 0 saturated carbocycles. The Morgan fingerprint density at radius 2 is 1.61 bits per heavy atom. The van der Waals surface area contributed by atoms with Crippen LogP contribution in [-0.2, 0) is 6.18 Å². The second kappa shape index (κ2) is 6.09. The van der Waals surface area contributed by atoms with Gasteiger partial charge in [-0.1, -0.05) is 12.1 Å². The summed E-state index contributed by atoms with van der Waals surface area (Å²) in [6.07, 6.45) is -3.47. The third-order valence-electron chi connectivity index (χ3n) is 2.72. The highest BCUT2D eigenvalue weighted by molar-refractivity contribution is 5.54. The molecule has 0 saturated heterocycles. The maximum absolute atomic E-state index is 12.8. The van der Waals surface area contributed by atoms with Gasteiger partial charge in [-0.05, 0) is 39.2 Å². The van der Waals surface area contributed by atoms with Gasteiger partial charge in [-0.2, -0.15) is 13.2 Å². The zero-order valence-electron chi connectivity index (χ0n) is 11.0. The molecule has 0 aliphatic rings. The molecule has 1 aromatic carbocycles. The average Bonchev–Trinajstić information content (AvgIpc) is 2.27. The highest BCUT2D eigenvalue weighted by Crippen LogP contribution is 2.35. The second-order valence-electron chi connectivity index (χ2n) is 4.59. The van der Waals surface area contributed by atoms with Crippen LogP contribution in [0.15, 0.2) is 24.3 Å². The number of hydrogen-bond acceptors (Lipinski definition) is 2. The van der Waals surface area contributed by atoms with Gasteiger partial charge in [0.2, 0.25) is 0 Å². The smallest absolute Gasteiger partial charge is 0.374 e. The first-order chi connectivity index (χ1) is 8.32. The predicted octanol–water partition coefficient (Wildman–Crippen LogP) is 3.09. The van der Waals surface area contributed by atoms with E-state index >= 15 is 0 Å². The predicted molar refractivity (Wildman–Crippen MR) is 67.9 cm³/mol. The molecule has 2 nitrogen and oxygen atoms in total. The van der Waals surface area contributed by atoms with Crippen molar-refractivity contribution in [3.05, 3.63) is 29.8 Å². The van der Waals surface area contributed by atoms with Crippen LogP contribution >= 0.6 is 0 Å². The SMILES string of the molecule is CN(C)CCCN(C)c1ccccc1C(F)(F)F. The summed E-state index contributed by atoms with van der Waals surface area (Å²) in [5, 5.41) is 0. The van der Waals surface area contributed by atoms with E-state index in [2.05, 4.69) is 0 Å². The Morgan fingerprint density at radius 1 is 1.00 bits per heavy atom. The van der Waals surface area contributed by atoms with Crippen molar-refractivity contribution in [3.8, 4) is 0 Å². The molecular formula is C13H19F3N2. The minimum absolute atomic E-state index is 0.240. The molecular weight excluding hydrogens is 241 g/mol. The first-order valence-electron chi connectivity index (χ1n) is 5.84. The zero-order chi connectivity index (χ0) is 13.8. The molecule has 0 radical (unpaired) electrons. The fourth-order valence-corrected chi connectivity index (χ4v) is 1.79. The Morgan fingerprint density at radius 3 is 2.17 bits per heavy atom. The van der Waals surface area contributed by atoms with Crippen molar-refractivity contribution < 1.29 is 13.2 Å². The van der Waals surface area contributed by atoms with Gasteiger partial charge in [-0.15, -0.1) is 0 Å². The summed E-state index contributed by atoms with van der Waals surface area (Å²) in [4.78, 5) is 3.68. The van der Waals surface area contributed by atoms with Crippen LogP contribution in [0.2, 0.25) is 0 Å². The molecule has 0 heterocycles. The van der Waals surface area contributed by atoms with Gasteiger partial charge in [0.05, 0.1) is 5.56 Å². The number of alkyl halides is 3. The van der Waals surface area contributed by atoms with Crippen molar-refractivity contribution in [3.63, 3.8) is 0 Å². The number of para-hydroxylation sites is 1. The number of rotatable bonds is 5. The first kappa shape index (κ1) is 14.8. The van der Waals surface area contributed by atoms with Gasteiger partial charge < -0.3 is 9.80 Å². The number of benzene rings is 1. The largest absolute Gasteiger partial charge is 0.418 e. The first-order valence-corrected chi connectivity index (χ1v) is 5.84. The van der Waals surface area contributed by atoms with Crippen LogP contribution in [0.4, 0.5) is 18.9 Å². The molecule has 18 heavy (non-hydrogen) atoms. The molecule has 0 atom stereocenters. The van der Waals surface area contributed by atoms with Crippen molar-refractivity contribution >= 4 is 5.69 Å². The van der Waals surface area contributed by atoms with Crippen LogP contribution in [0.1, 0.15) is 12.0 Å². The van der Waals surface area contributed by atoms with Crippen molar-refractivity contribution in [2.45, 2.75) is 12.6 Å². The molecule has 0 N–H and O–H groups in total. The standard InChI is InChI=1S/C13H19F3N2/c1-17(2)9-6-10-18(3)12-8-5-4-7-11(12)13(14,15)16/h4-5,7-8H,6,9-10H2,1-3H3. The Hall–Kier alpha value is -1.23. The van der Waals surface area contributed by atoms with Crippen LogP contribution in [0.3, 0.4) is 0 Å². The highest BCUT2D eigenvalue weighted by Gasteiger charge is 2.33. The van der Waals surface area contributed by atoms with E-state index in [0.717, 1.165) is 19.0 Å². The van der Waals surface area contributed by atoms with E-state index in [0.29, 0.717) is 6.54 Å². The van der Waals surface area contributed by atoms with E-state index < -0.39 is 11.7 Å². The van der Waals surface area contributed by atoms with Gasteiger partial charge in [-0.25, -0.2) is 0 Å². The van der Waals surface area contributed by atoms with Crippen molar-refractivity contribution in [2.24, 2.45) is 0 Å². The number of nitrogens with zero attached hydrogens (tertiary/aromatic N) is 2. The molecule has 0 fully saturated rings. The summed E-state index contributed by atoms with van der Waals surface area (Å²) in [6.45, 7) is 1.46. The number of hydrogen-bond donors (Lipinski definition) is 0. The Kier molecular flexibility index (Phi) is 5.02. The molecule has 0 aliphatic heterocycles. The van der Waals surface area contributed by atoms with Gasteiger partial charge in [-0.3, -0.25) is 0 Å². The molecule has 102 valence electrons. The van der Waals surface area contributed by atoms with Gasteiger partial charge in [0.15, 0.2) is 0 Å². The third kappa shape index (κ3) is 4.22. The number of halogens is 3. The van der Waals surface area contributed by atoms with E-state index in [1.54, 1.807) is 18.0 Å². The lowest BCUT2D eigenvalue weighted by Gasteiger charge is -2.24. The van der Waals surface area contributed by atoms with Crippen molar-refractivity contribution in [1.82, 2.24) is 4.90 Å². The molecule has 0 aromatic heterocycles. The fraction of sp³-hybridized carbons (Fsp3) is 0.538. The van der Waals surface area contributed by atoms with Gasteiger partial charge in [0.25, 0.3) is 0 Å². The van der Waals surface area contributed by atoms with Crippen LogP contribution in [0, 0.1) is 0 Å². The van der Waals surface area contributed by atoms with Crippen LogP contribution < -0.4 is 4.90 Å². The van der Waals surface area contributed by atoms with Gasteiger partial charge in [0.1, 0.15) is 0 Å². The van der Waals surface area contributed by atoms with Crippen LogP contribution in [0.25, 0.3) is 0 Å². The third-order valence-corrected chi connectivity index (χ3v) is 2.72. The van der Waals surface area contributed by atoms with E-state index in [9.17, 15) is 13.2 Å². The zero-order valence-corrected chi connectivity index (χ0v) is 11.0. The molecule has 0 spiro atoms. The molecule has 0 aliphatic carbocycles. The molecule has 0 bridgehead atoms. The molecule has 0 unspecified atom stereocenters. The van der Waals surface area contributed by atoms with Crippen LogP contribution in [-0.4, -0.2) is 39.1 Å². The normalized spacial score (nSPS) is 11.9. The summed E-state index contributed by atoms with van der Waals surface area (Å²) in [5.74, 6) is 0. The maximum atomic E-state index is 12.8. The Labute approximate surface area is 106 Å². The lowest BCUT2D eigenvalue weighted by molar-refractivity contribution is -0.137. The summed E-state index contributed by atoms with van der Waals surface area (Å²) in [6, 6.07) is 5.68. The summed E-state index contributed by atoms with van der Waals surface area (Å²) in [5.41, 5.74) is -0.332. The topological polar surface area (TPSA) is 6.48 Å². The second-order valence-corrected chi connectivity index (χ2v) is 4.59. The van der Waals surface area contributed by atoms with E-state index in [1.807, 2.05) is 19.0 Å².